The Kier molecular flexibility index (Phi) is 3.69. The maximum absolute atomic E-state index is 8.92. The lowest BCUT2D eigenvalue weighted by Gasteiger charge is -2.32. The van der Waals surface area contributed by atoms with Crippen LogP contribution in [-0.4, -0.2) is 35.6 Å². The van der Waals surface area contributed by atoms with Crippen molar-refractivity contribution in [1.29, 1.82) is 5.26 Å². The SMILES string of the molecule is Cc1nn(C)c(N2CCOC(C#N)C2)c1CBr. The van der Waals surface area contributed by atoms with Crippen molar-refractivity contribution in [3.8, 4) is 6.07 Å². The van der Waals surface area contributed by atoms with Gasteiger partial charge in [0.15, 0.2) is 6.10 Å². The Balaban J connectivity index is 2.30. The summed E-state index contributed by atoms with van der Waals surface area (Å²) in [5, 5.41) is 14.1. The lowest BCUT2D eigenvalue weighted by Crippen LogP contribution is -2.43. The number of nitriles is 1. The van der Waals surface area contributed by atoms with E-state index in [2.05, 4.69) is 32.0 Å². The summed E-state index contributed by atoms with van der Waals surface area (Å²) in [6, 6.07) is 2.16. The molecular weight excluding hydrogens is 284 g/mol. The molecule has 0 saturated carbocycles. The van der Waals surface area contributed by atoms with Crippen LogP contribution in [0.2, 0.25) is 0 Å². The predicted molar refractivity (Wildman–Crippen MR) is 68.1 cm³/mol. The van der Waals surface area contributed by atoms with Gasteiger partial charge in [0.2, 0.25) is 0 Å². The Morgan fingerprint density at radius 2 is 2.41 bits per heavy atom. The van der Waals surface area contributed by atoms with Crippen molar-refractivity contribution in [3.63, 3.8) is 0 Å². The second kappa shape index (κ2) is 5.07. The van der Waals surface area contributed by atoms with Gasteiger partial charge in [-0.05, 0) is 6.92 Å². The molecule has 1 aromatic rings. The Bertz CT molecular complexity index is 451. The highest BCUT2D eigenvalue weighted by molar-refractivity contribution is 9.08. The maximum Gasteiger partial charge on any atom is 0.161 e. The summed E-state index contributed by atoms with van der Waals surface area (Å²) in [4.78, 5) is 2.17. The monoisotopic (exact) mass is 298 g/mol. The molecule has 0 amide bonds. The molecule has 1 aliphatic rings. The zero-order valence-electron chi connectivity index (χ0n) is 9.98. The Morgan fingerprint density at radius 3 is 3.06 bits per heavy atom. The molecule has 5 nitrogen and oxygen atoms in total. The molecule has 1 aromatic heterocycles. The van der Waals surface area contributed by atoms with Crippen LogP contribution in [0.5, 0.6) is 0 Å². The topological polar surface area (TPSA) is 54.1 Å². The minimum Gasteiger partial charge on any atom is -0.360 e. The normalized spacial score (nSPS) is 20.4. The second-order valence-corrected chi connectivity index (χ2v) is 4.64. The third kappa shape index (κ3) is 2.31. The van der Waals surface area contributed by atoms with Crippen molar-refractivity contribution in [2.24, 2.45) is 7.05 Å². The number of morpholine rings is 1. The van der Waals surface area contributed by atoms with Gasteiger partial charge in [0.05, 0.1) is 24.9 Å². The molecule has 17 heavy (non-hydrogen) atoms. The van der Waals surface area contributed by atoms with E-state index < -0.39 is 0 Å². The van der Waals surface area contributed by atoms with Gasteiger partial charge in [0.25, 0.3) is 0 Å². The van der Waals surface area contributed by atoms with Crippen LogP contribution < -0.4 is 4.90 Å². The quantitative estimate of drug-likeness (QED) is 0.774. The number of nitrogens with zero attached hydrogens (tertiary/aromatic N) is 4. The third-order valence-corrected chi connectivity index (χ3v) is 3.52. The number of ether oxygens (including phenoxy) is 1. The number of aryl methyl sites for hydroxylation is 2. The van der Waals surface area contributed by atoms with Gasteiger partial charge in [-0.1, -0.05) is 15.9 Å². The van der Waals surface area contributed by atoms with Gasteiger partial charge < -0.3 is 9.64 Å². The Hall–Kier alpha value is -1.06. The molecule has 92 valence electrons. The van der Waals surface area contributed by atoms with E-state index in [4.69, 9.17) is 10.00 Å². The summed E-state index contributed by atoms with van der Waals surface area (Å²) in [6.07, 6.45) is -0.345. The minimum atomic E-state index is -0.345. The zero-order valence-corrected chi connectivity index (χ0v) is 11.6. The summed E-state index contributed by atoms with van der Waals surface area (Å²) in [7, 11) is 1.94. The van der Waals surface area contributed by atoms with Crippen LogP contribution in [0.25, 0.3) is 0 Å². The number of rotatable bonds is 2. The molecule has 1 saturated heterocycles. The van der Waals surface area contributed by atoms with Crippen molar-refractivity contribution in [2.75, 3.05) is 24.6 Å². The first-order valence-electron chi connectivity index (χ1n) is 5.52. The standard InChI is InChI=1S/C11H15BrN4O/c1-8-10(5-12)11(15(2)14-8)16-3-4-17-9(6-13)7-16/h9H,3-5,7H2,1-2H3. The van der Waals surface area contributed by atoms with Gasteiger partial charge in [-0.3, -0.25) is 4.68 Å². The molecule has 0 N–H and O–H groups in total. The van der Waals surface area contributed by atoms with Crippen LogP contribution in [0.15, 0.2) is 0 Å². The number of alkyl halides is 1. The van der Waals surface area contributed by atoms with Crippen molar-refractivity contribution in [1.82, 2.24) is 9.78 Å². The van der Waals surface area contributed by atoms with Crippen LogP contribution in [0.3, 0.4) is 0 Å². The van der Waals surface area contributed by atoms with E-state index >= 15 is 0 Å². The highest BCUT2D eigenvalue weighted by Gasteiger charge is 2.25. The van der Waals surface area contributed by atoms with Crippen LogP contribution in [0.1, 0.15) is 11.3 Å². The van der Waals surface area contributed by atoms with E-state index in [-0.39, 0.29) is 6.10 Å². The first-order chi connectivity index (χ1) is 8.17. The molecule has 1 atom stereocenters. The lowest BCUT2D eigenvalue weighted by molar-refractivity contribution is 0.0758. The number of hydrogen-bond acceptors (Lipinski definition) is 4. The third-order valence-electron chi connectivity index (χ3n) is 2.96. The number of halogens is 1. The molecule has 0 aliphatic carbocycles. The van der Waals surface area contributed by atoms with Gasteiger partial charge >= 0.3 is 0 Å². The number of hydrogen-bond donors (Lipinski definition) is 0. The van der Waals surface area contributed by atoms with Gasteiger partial charge in [-0.15, -0.1) is 0 Å². The molecule has 0 bridgehead atoms. The van der Waals surface area contributed by atoms with Gasteiger partial charge in [0.1, 0.15) is 5.82 Å². The molecule has 1 aliphatic heterocycles. The van der Waals surface area contributed by atoms with Crippen molar-refractivity contribution < 1.29 is 4.74 Å². The van der Waals surface area contributed by atoms with Crippen LogP contribution in [0, 0.1) is 18.3 Å². The molecule has 0 spiro atoms. The van der Waals surface area contributed by atoms with Crippen molar-refractivity contribution in [2.45, 2.75) is 18.4 Å². The van der Waals surface area contributed by atoms with Gasteiger partial charge in [0, 0.05) is 24.5 Å². The molecule has 2 rings (SSSR count). The molecule has 0 aromatic carbocycles. The molecule has 6 heteroatoms. The average Bonchev–Trinajstić information content (AvgIpc) is 2.63. The maximum atomic E-state index is 8.92. The highest BCUT2D eigenvalue weighted by atomic mass is 79.9. The average molecular weight is 299 g/mol. The fourth-order valence-corrected chi connectivity index (χ4v) is 2.82. The first kappa shape index (κ1) is 12.4. The van der Waals surface area contributed by atoms with Crippen LogP contribution >= 0.6 is 15.9 Å². The summed E-state index contributed by atoms with van der Waals surface area (Å²) in [5.41, 5.74) is 2.21. The lowest BCUT2D eigenvalue weighted by atomic mass is 10.2. The minimum absolute atomic E-state index is 0.345. The van der Waals surface area contributed by atoms with Crippen LogP contribution in [0.4, 0.5) is 5.82 Å². The summed E-state index contributed by atoms with van der Waals surface area (Å²) >= 11 is 3.50. The van der Waals surface area contributed by atoms with E-state index in [0.29, 0.717) is 13.2 Å². The van der Waals surface area contributed by atoms with E-state index in [9.17, 15) is 0 Å². The molecule has 1 fully saturated rings. The largest absolute Gasteiger partial charge is 0.360 e. The predicted octanol–water partition coefficient (Wildman–Crippen LogP) is 1.35. The summed E-state index contributed by atoms with van der Waals surface area (Å²) in [6.45, 7) is 4.00. The Morgan fingerprint density at radius 1 is 1.65 bits per heavy atom. The highest BCUT2D eigenvalue weighted by Crippen LogP contribution is 2.26. The summed E-state index contributed by atoms with van der Waals surface area (Å²) in [5.74, 6) is 1.09. The number of aromatic nitrogens is 2. The van der Waals surface area contributed by atoms with E-state index in [1.807, 2.05) is 18.7 Å². The Labute approximate surface area is 109 Å². The van der Waals surface area contributed by atoms with E-state index in [0.717, 1.165) is 23.4 Å². The second-order valence-electron chi connectivity index (χ2n) is 4.08. The summed E-state index contributed by atoms with van der Waals surface area (Å²) < 4.78 is 7.24. The van der Waals surface area contributed by atoms with E-state index in [1.54, 1.807) is 0 Å². The van der Waals surface area contributed by atoms with Crippen molar-refractivity contribution >= 4 is 21.7 Å². The fourth-order valence-electron chi connectivity index (χ4n) is 2.16. The first-order valence-corrected chi connectivity index (χ1v) is 6.64. The molecular formula is C11H15BrN4O. The van der Waals surface area contributed by atoms with Crippen molar-refractivity contribution in [3.05, 3.63) is 11.3 Å². The van der Waals surface area contributed by atoms with Crippen LogP contribution in [-0.2, 0) is 17.1 Å². The fraction of sp³-hybridized carbons (Fsp3) is 0.636. The molecule has 0 radical (unpaired) electrons. The van der Waals surface area contributed by atoms with Gasteiger partial charge in [-0.2, -0.15) is 10.4 Å². The van der Waals surface area contributed by atoms with Gasteiger partial charge in [-0.25, -0.2) is 0 Å². The smallest absolute Gasteiger partial charge is 0.161 e. The molecule has 1 unspecified atom stereocenters. The zero-order chi connectivity index (χ0) is 12.4. The molecule has 2 heterocycles. The number of anilines is 1. The van der Waals surface area contributed by atoms with E-state index in [1.165, 1.54) is 5.56 Å².